The Hall–Kier alpha value is -1.27. The van der Waals surface area contributed by atoms with Crippen LogP contribution in [0, 0.1) is 0 Å². The van der Waals surface area contributed by atoms with E-state index in [-0.39, 0.29) is 11.4 Å². The van der Waals surface area contributed by atoms with Gasteiger partial charge in [-0.05, 0) is 36.2 Å². The first kappa shape index (κ1) is 18.8. The normalized spacial score (nSPS) is 12.6. The van der Waals surface area contributed by atoms with Crippen molar-refractivity contribution >= 4 is 21.6 Å². The van der Waals surface area contributed by atoms with Crippen LogP contribution in [0.25, 0.3) is 10.4 Å². The Balaban J connectivity index is 2.73. The third-order valence-electron chi connectivity index (χ3n) is 3.22. The summed E-state index contributed by atoms with van der Waals surface area (Å²) in [5.74, 6) is 0. The molecule has 122 valence electrons. The molecule has 0 aliphatic heterocycles. The van der Waals surface area contributed by atoms with Gasteiger partial charge in [0, 0.05) is 22.5 Å². The fourth-order valence-corrected chi connectivity index (χ4v) is 3.43. The first-order chi connectivity index (χ1) is 10.5. The van der Waals surface area contributed by atoms with E-state index in [9.17, 15) is 8.42 Å². The van der Waals surface area contributed by atoms with Crippen LogP contribution in [0.4, 0.5) is 0 Å². The van der Waals surface area contributed by atoms with Crippen molar-refractivity contribution in [3.8, 4) is 0 Å². The molecule has 0 saturated heterocycles. The zero-order chi connectivity index (χ0) is 16.4. The summed E-state index contributed by atoms with van der Waals surface area (Å²) in [5, 5.41) is 3.97. The van der Waals surface area contributed by atoms with E-state index in [2.05, 4.69) is 21.7 Å². The molecule has 1 atom stereocenters. The van der Waals surface area contributed by atoms with Crippen molar-refractivity contribution in [3.63, 3.8) is 0 Å². The summed E-state index contributed by atoms with van der Waals surface area (Å²) in [6.45, 7) is 2.22. The zero-order valence-corrected chi connectivity index (χ0v) is 14.1. The minimum Gasteiger partial charge on any atom is -0.208 e. The molecule has 22 heavy (non-hydrogen) atoms. The van der Waals surface area contributed by atoms with Gasteiger partial charge in [0.2, 0.25) is 10.0 Å². The maximum absolute atomic E-state index is 12.3. The van der Waals surface area contributed by atoms with Gasteiger partial charge in [0.05, 0.1) is 4.90 Å². The molecule has 1 unspecified atom stereocenters. The van der Waals surface area contributed by atoms with Crippen LogP contribution in [0.3, 0.4) is 0 Å². The Morgan fingerprint density at radius 1 is 1.27 bits per heavy atom. The minimum atomic E-state index is -3.64. The molecule has 1 aromatic rings. The lowest BCUT2D eigenvalue weighted by molar-refractivity contribution is 0.504. The molecule has 0 radical (unpaired) electrons. The molecule has 0 aromatic heterocycles. The smallest absolute Gasteiger partial charge is 0.208 e. The average molecular weight is 345 g/mol. The molecule has 0 amide bonds. The number of unbranched alkanes of at least 4 members (excludes halogenated alkanes) is 3. The molecule has 0 spiro atoms. The lowest BCUT2D eigenvalue weighted by Gasteiger charge is -2.16. The predicted octanol–water partition coefficient (Wildman–Crippen LogP) is 4.27. The van der Waals surface area contributed by atoms with Crippen molar-refractivity contribution in [2.75, 3.05) is 6.54 Å². The summed E-state index contributed by atoms with van der Waals surface area (Å²) in [7, 11) is -3.64. The highest BCUT2D eigenvalue weighted by atomic mass is 35.5. The van der Waals surface area contributed by atoms with Gasteiger partial charge in [-0.3, -0.25) is 0 Å². The highest BCUT2D eigenvalue weighted by Crippen LogP contribution is 2.15. The molecule has 1 aromatic carbocycles. The van der Waals surface area contributed by atoms with E-state index in [0.717, 1.165) is 25.7 Å². The monoisotopic (exact) mass is 344 g/mol. The number of rotatable bonds is 10. The third kappa shape index (κ3) is 6.66. The second kappa shape index (κ2) is 9.69. The molecule has 0 bridgehead atoms. The van der Waals surface area contributed by atoms with Crippen LogP contribution in [0.2, 0.25) is 5.02 Å². The Labute approximate surface area is 136 Å². The van der Waals surface area contributed by atoms with Crippen molar-refractivity contribution in [1.82, 2.24) is 4.72 Å². The van der Waals surface area contributed by atoms with Gasteiger partial charge in [0.25, 0.3) is 0 Å². The van der Waals surface area contributed by atoms with Gasteiger partial charge in [0.15, 0.2) is 0 Å². The minimum absolute atomic E-state index is 0.107. The summed E-state index contributed by atoms with van der Waals surface area (Å²) in [5.41, 5.74) is 8.44. The van der Waals surface area contributed by atoms with E-state index in [4.69, 9.17) is 17.1 Å². The van der Waals surface area contributed by atoms with Crippen molar-refractivity contribution in [2.24, 2.45) is 5.11 Å². The first-order valence-electron chi connectivity index (χ1n) is 7.28. The average Bonchev–Trinajstić information content (AvgIpc) is 2.49. The largest absolute Gasteiger partial charge is 0.240 e. The standard InChI is InChI=1S/C14H21ClN4O2S/c1-2-3-4-5-6-13(11-17-19-16)18-22(20,21)14-9-7-12(15)8-10-14/h7-10,13,18H,2-6,11H2,1H3. The molecule has 8 heteroatoms. The SMILES string of the molecule is CCCCCCC(CN=[N+]=[N-])NS(=O)(=O)c1ccc(Cl)cc1. The molecule has 0 aliphatic rings. The van der Waals surface area contributed by atoms with E-state index < -0.39 is 16.1 Å². The molecule has 0 fully saturated rings. The highest BCUT2D eigenvalue weighted by molar-refractivity contribution is 7.89. The van der Waals surface area contributed by atoms with Gasteiger partial charge in [-0.25, -0.2) is 13.1 Å². The lowest BCUT2D eigenvalue weighted by atomic mass is 10.1. The zero-order valence-electron chi connectivity index (χ0n) is 12.6. The van der Waals surface area contributed by atoms with E-state index in [1.54, 1.807) is 0 Å². The summed E-state index contributed by atoms with van der Waals surface area (Å²) in [4.78, 5) is 2.86. The number of nitrogens with zero attached hydrogens (tertiary/aromatic N) is 3. The molecule has 0 saturated carbocycles. The molecular weight excluding hydrogens is 324 g/mol. The maximum atomic E-state index is 12.3. The number of sulfonamides is 1. The van der Waals surface area contributed by atoms with Gasteiger partial charge in [-0.2, -0.15) is 0 Å². The summed E-state index contributed by atoms with van der Waals surface area (Å²) in [6, 6.07) is 5.56. The van der Waals surface area contributed by atoms with E-state index in [0.29, 0.717) is 11.4 Å². The topological polar surface area (TPSA) is 94.9 Å². The van der Waals surface area contributed by atoms with E-state index in [1.165, 1.54) is 24.3 Å². The van der Waals surface area contributed by atoms with Crippen molar-refractivity contribution in [2.45, 2.75) is 50.0 Å². The maximum Gasteiger partial charge on any atom is 0.240 e. The van der Waals surface area contributed by atoms with Gasteiger partial charge in [-0.1, -0.05) is 49.3 Å². The van der Waals surface area contributed by atoms with Crippen LogP contribution in [-0.2, 0) is 10.0 Å². The molecule has 1 rings (SSSR count). The van der Waals surface area contributed by atoms with Crippen LogP contribution in [0.5, 0.6) is 0 Å². The Kier molecular flexibility index (Phi) is 8.27. The molecular formula is C14H21ClN4O2S. The fraction of sp³-hybridized carbons (Fsp3) is 0.571. The Morgan fingerprint density at radius 2 is 1.95 bits per heavy atom. The highest BCUT2D eigenvalue weighted by Gasteiger charge is 2.19. The molecule has 6 nitrogen and oxygen atoms in total. The third-order valence-corrected chi connectivity index (χ3v) is 5.01. The second-order valence-electron chi connectivity index (χ2n) is 5.03. The van der Waals surface area contributed by atoms with Gasteiger partial charge in [0.1, 0.15) is 0 Å². The van der Waals surface area contributed by atoms with Crippen LogP contribution in [-0.4, -0.2) is 21.0 Å². The quantitative estimate of drug-likeness (QED) is 0.297. The van der Waals surface area contributed by atoms with E-state index >= 15 is 0 Å². The van der Waals surface area contributed by atoms with Crippen molar-refractivity contribution in [3.05, 3.63) is 39.7 Å². The van der Waals surface area contributed by atoms with Gasteiger partial charge in [-0.15, -0.1) is 0 Å². The Morgan fingerprint density at radius 3 is 2.55 bits per heavy atom. The molecule has 0 heterocycles. The molecule has 1 N–H and O–H groups in total. The van der Waals surface area contributed by atoms with Crippen LogP contribution in [0.1, 0.15) is 39.0 Å². The first-order valence-corrected chi connectivity index (χ1v) is 9.14. The van der Waals surface area contributed by atoms with Crippen LogP contribution < -0.4 is 4.72 Å². The fourth-order valence-electron chi connectivity index (χ4n) is 2.04. The number of hydrogen-bond acceptors (Lipinski definition) is 3. The second-order valence-corrected chi connectivity index (χ2v) is 7.19. The lowest BCUT2D eigenvalue weighted by Crippen LogP contribution is -2.36. The molecule has 0 aliphatic carbocycles. The number of benzene rings is 1. The number of azide groups is 1. The Bertz CT molecular complexity index is 598. The summed E-state index contributed by atoms with van der Waals surface area (Å²) < 4.78 is 27.2. The van der Waals surface area contributed by atoms with Gasteiger partial charge < -0.3 is 0 Å². The van der Waals surface area contributed by atoms with E-state index in [1.807, 2.05) is 0 Å². The van der Waals surface area contributed by atoms with Crippen LogP contribution in [0.15, 0.2) is 34.3 Å². The predicted molar refractivity (Wildman–Crippen MR) is 88.3 cm³/mol. The number of hydrogen-bond donors (Lipinski definition) is 1. The summed E-state index contributed by atoms with van der Waals surface area (Å²) in [6.07, 6.45) is 4.79. The number of nitrogens with one attached hydrogen (secondary N) is 1. The van der Waals surface area contributed by atoms with Crippen molar-refractivity contribution in [1.29, 1.82) is 0 Å². The van der Waals surface area contributed by atoms with Crippen molar-refractivity contribution < 1.29 is 8.42 Å². The number of halogens is 1. The van der Waals surface area contributed by atoms with Crippen LogP contribution >= 0.6 is 11.6 Å². The summed E-state index contributed by atoms with van der Waals surface area (Å²) >= 11 is 5.76. The van der Waals surface area contributed by atoms with Gasteiger partial charge >= 0.3 is 0 Å².